The van der Waals surface area contributed by atoms with E-state index in [0.29, 0.717) is 74.7 Å². The summed E-state index contributed by atoms with van der Waals surface area (Å²) >= 11 is 1.34. The molecule has 1 saturated carbocycles. The van der Waals surface area contributed by atoms with E-state index in [1.807, 2.05) is 71.1 Å². The number of ketones is 3. The van der Waals surface area contributed by atoms with Crippen LogP contribution in [0.3, 0.4) is 0 Å². The predicted octanol–water partition coefficient (Wildman–Crippen LogP) is 8.08. The highest BCUT2D eigenvalue weighted by Crippen LogP contribution is 2.42. The number of methoxy groups -OCH3 is 3. The molecule has 3 aliphatic heterocycles. The van der Waals surface area contributed by atoms with E-state index in [1.165, 1.54) is 23.3 Å². The largest absolute Gasteiger partial charge is 0.460 e. The third-order valence-corrected chi connectivity index (χ3v) is 16.9. The first-order valence-corrected chi connectivity index (χ1v) is 26.7. The van der Waals surface area contributed by atoms with E-state index >= 15 is 0 Å². The normalized spacial score (nSPS) is 39.1. The molecule has 3 fully saturated rings. The van der Waals surface area contributed by atoms with Crippen LogP contribution in [0.5, 0.6) is 0 Å². The molecule has 0 aromatic carbocycles. The van der Waals surface area contributed by atoms with Crippen LogP contribution >= 0.6 is 11.3 Å². The number of carbonyl (C=O) groups is 5. The molecular weight excluding hydrogens is 927 g/mol. The van der Waals surface area contributed by atoms with E-state index in [2.05, 4.69) is 0 Å². The molecule has 15 atom stereocenters. The topological polar surface area (TPSA) is 195 Å². The lowest BCUT2D eigenvalue weighted by Gasteiger charge is -2.42. The molecule has 71 heavy (non-hydrogen) atoms. The Balaban J connectivity index is 1.55. The number of nitrogens with zero attached hydrogens (tertiary/aromatic N) is 1. The number of cyclic esters (lactones) is 1. The summed E-state index contributed by atoms with van der Waals surface area (Å²) in [4.78, 5) is 74.9. The minimum Gasteiger partial charge on any atom is -0.460 e. The Kier molecular flexibility index (Phi) is 21.3. The Hall–Kier alpha value is -3.67. The van der Waals surface area contributed by atoms with Crippen molar-refractivity contribution in [2.75, 3.05) is 27.9 Å². The lowest BCUT2D eigenvalue weighted by atomic mass is 9.77. The zero-order valence-corrected chi connectivity index (χ0v) is 44.9. The third kappa shape index (κ3) is 14.1. The van der Waals surface area contributed by atoms with Crippen molar-refractivity contribution in [2.24, 2.45) is 35.5 Å². The van der Waals surface area contributed by atoms with Gasteiger partial charge >= 0.3 is 5.97 Å². The van der Waals surface area contributed by atoms with Crippen molar-refractivity contribution in [3.05, 3.63) is 69.5 Å². The molecule has 14 nitrogen and oxygen atoms in total. The molecule has 3 N–H and O–H groups in total. The summed E-state index contributed by atoms with van der Waals surface area (Å²) in [5, 5.41) is 35.5. The van der Waals surface area contributed by atoms with Gasteiger partial charge in [0, 0.05) is 68.2 Å². The van der Waals surface area contributed by atoms with Gasteiger partial charge in [-0.3, -0.25) is 19.2 Å². The average molecular weight is 1010 g/mol. The van der Waals surface area contributed by atoms with Gasteiger partial charge in [-0.25, -0.2) is 4.79 Å². The van der Waals surface area contributed by atoms with Crippen LogP contribution in [0.25, 0.3) is 0 Å². The molecule has 14 unspecified atom stereocenters. The molecule has 2 saturated heterocycles. The van der Waals surface area contributed by atoms with Crippen molar-refractivity contribution in [1.82, 2.24) is 4.90 Å². The van der Waals surface area contributed by atoms with Crippen LogP contribution in [0.1, 0.15) is 135 Å². The SMILES string of the molecule is COC1CC2CCC(C)C(O)(O2)C(=O)C(=O)N2CCCCC2C(=O)OC(C(C)CC2CCC(O)C(OC)C2)CC(=O)C(C)/C=C(\C)[C@@](O)(c2ccc(C)s2)C(OC)C(=O)C(C)CC(C)/C=C/C=C/C=C/1C. The number of hydrogen-bond donors (Lipinski definition) is 3. The van der Waals surface area contributed by atoms with Crippen molar-refractivity contribution in [3.63, 3.8) is 0 Å². The molecule has 15 heteroatoms. The first kappa shape index (κ1) is 58.2. The van der Waals surface area contributed by atoms with Gasteiger partial charge in [0.25, 0.3) is 11.7 Å². The fourth-order valence-electron chi connectivity index (χ4n) is 11.1. The molecule has 5 rings (SSSR count). The monoisotopic (exact) mass is 1010 g/mol. The smallest absolute Gasteiger partial charge is 0.329 e. The Bertz CT molecular complexity index is 2130. The van der Waals surface area contributed by atoms with Crippen molar-refractivity contribution in [2.45, 2.75) is 186 Å². The number of amides is 1. The van der Waals surface area contributed by atoms with E-state index < -0.39 is 83.4 Å². The van der Waals surface area contributed by atoms with Gasteiger partial charge in [0.15, 0.2) is 17.5 Å². The van der Waals surface area contributed by atoms with Crippen LogP contribution in [0.2, 0.25) is 0 Å². The number of esters is 1. The Morgan fingerprint density at radius 3 is 2.25 bits per heavy atom. The minimum absolute atomic E-state index is 0.0224. The van der Waals surface area contributed by atoms with E-state index in [4.69, 9.17) is 23.7 Å². The summed E-state index contributed by atoms with van der Waals surface area (Å²) < 4.78 is 29.9. The van der Waals surface area contributed by atoms with Crippen molar-refractivity contribution < 1.29 is 63.0 Å². The number of aryl methyl sites for hydroxylation is 1. The lowest BCUT2D eigenvalue weighted by molar-refractivity contribution is -0.265. The second-order valence-corrected chi connectivity index (χ2v) is 22.5. The molecule has 0 spiro atoms. The van der Waals surface area contributed by atoms with Gasteiger partial charge in [0.1, 0.15) is 17.9 Å². The molecule has 1 aromatic rings. The third-order valence-electron chi connectivity index (χ3n) is 15.8. The number of ether oxygens (including phenoxy) is 5. The number of carbonyl (C=O) groups excluding carboxylic acids is 5. The van der Waals surface area contributed by atoms with Crippen molar-refractivity contribution in [3.8, 4) is 0 Å². The molecule has 4 heterocycles. The van der Waals surface area contributed by atoms with Crippen molar-refractivity contribution >= 4 is 40.6 Å². The Morgan fingerprint density at radius 2 is 1.59 bits per heavy atom. The fraction of sp³-hybridized carbons (Fsp3) is 0.696. The van der Waals surface area contributed by atoms with E-state index in [1.54, 1.807) is 47.1 Å². The van der Waals surface area contributed by atoms with Gasteiger partial charge in [-0.15, -0.1) is 11.3 Å². The minimum atomic E-state index is -2.44. The number of Topliss-reactive ketones (excluding diaryl/α,β-unsaturated/α-hetero) is 3. The van der Waals surface area contributed by atoms with Crippen LogP contribution in [0.4, 0.5) is 0 Å². The van der Waals surface area contributed by atoms with Gasteiger partial charge in [-0.2, -0.15) is 0 Å². The number of thiophene rings is 1. The summed E-state index contributed by atoms with van der Waals surface area (Å²) in [6.07, 6.45) is 12.2. The summed E-state index contributed by atoms with van der Waals surface area (Å²) in [5.41, 5.74) is -0.695. The van der Waals surface area contributed by atoms with Gasteiger partial charge < -0.3 is 43.9 Å². The van der Waals surface area contributed by atoms with Gasteiger partial charge in [0.05, 0.1) is 24.4 Å². The lowest BCUT2D eigenvalue weighted by Crippen LogP contribution is -2.61. The van der Waals surface area contributed by atoms with Crippen LogP contribution in [-0.4, -0.2) is 126 Å². The zero-order chi connectivity index (χ0) is 52.4. The molecule has 396 valence electrons. The second-order valence-electron chi connectivity index (χ2n) is 21.2. The maximum Gasteiger partial charge on any atom is 0.329 e. The number of rotatable bonds is 7. The van der Waals surface area contributed by atoms with Gasteiger partial charge in [-0.1, -0.05) is 71.1 Å². The first-order valence-electron chi connectivity index (χ1n) is 25.9. The maximum atomic E-state index is 14.6. The van der Waals surface area contributed by atoms with E-state index in [0.717, 1.165) is 10.5 Å². The Morgan fingerprint density at radius 1 is 0.859 bits per heavy atom. The fourth-order valence-corrected chi connectivity index (χ4v) is 12.2. The maximum absolute atomic E-state index is 14.6. The summed E-state index contributed by atoms with van der Waals surface area (Å²) in [5.74, 6) is -8.27. The van der Waals surface area contributed by atoms with E-state index in [-0.39, 0.29) is 54.8 Å². The molecular formula is C56H83NO13S. The molecule has 2 bridgehead atoms. The second kappa shape index (κ2) is 26.0. The quantitative estimate of drug-likeness (QED) is 0.135. The Labute approximate surface area is 426 Å². The number of hydrogen-bond acceptors (Lipinski definition) is 14. The molecule has 4 aliphatic rings. The number of allylic oxidation sites excluding steroid dienone is 6. The van der Waals surface area contributed by atoms with Crippen LogP contribution in [0, 0.1) is 42.4 Å². The molecule has 1 aromatic heterocycles. The predicted molar refractivity (Wildman–Crippen MR) is 272 cm³/mol. The summed E-state index contributed by atoms with van der Waals surface area (Å²) in [6, 6.07) is 2.49. The van der Waals surface area contributed by atoms with Gasteiger partial charge in [0.2, 0.25) is 5.79 Å². The number of fused-ring (bicyclic) bond motifs is 3. The highest BCUT2D eigenvalue weighted by atomic mass is 32.1. The average Bonchev–Trinajstić information content (AvgIpc) is 3.79. The zero-order valence-electron chi connectivity index (χ0n) is 44.1. The van der Waals surface area contributed by atoms with E-state index in [9.17, 15) is 39.3 Å². The molecule has 0 radical (unpaired) electrons. The summed E-state index contributed by atoms with van der Waals surface area (Å²) in [7, 11) is 4.56. The van der Waals surface area contributed by atoms with Crippen molar-refractivity contribution in [1.29, 1.82) is 0 Å². The van der Waals surface area contributed by atoms with Crippen LogP contribution in [0.15, 0.2) is 59.7 Å². The number of aliphatic hydroxyl groups excluding tert-OH is 1. The molecule has 1 aliphatic carbocycles. The van der Waals surface area contributed by atoms with Crippen LogP contribution in [-0.2, 0) is 53.3 Å². The van der Waals surface area contributed by atoms with Gasteiger partial charge in [-0.05, 0) is 126 Å². The highest BCUT2D eigenvalue weighted by molar-refractivity contribution is 7.12. The van der Waals surface area contributed by atoms with Crippen LogP contribution < -0.4 is 0 Å². The summed E-state index contributed by atoms with van der Waals surface area (Å²) in [6.45, 7) is 14.8. The standard InChI is InChI=1S/C56H83NO13S/c1-33-17-13-12-14-18-34(2)46(66-9)31-42-23-20-38(6)56(65,70-42)51(61)53(62)57-26-16-15-19-43(57)54(63)69-47(36(4)29-41-22-24-44(58)48(30-41)67-10)32-45(59)35(3)28-39(7)55(64,49-25-21-40(8)71-49)52(68-11)50(60)37(5)27-33/h12-14,17-18,21,25,28,33,35-38,41-44,46-48,52,58,64-65H,15-16,19-20,22-24,26-27,29-32H2,1-11H3/b14-12+,17-13+,34-18+,39-28+/t33?,35?,36?,37?,38?,41?,42?,43?,44?,46?,47?,48?,52?,55-,56?/m1/s1. The molecule has 1 amide bonds. The highest BCUT2D eigenvalue weighted by Gasteiger charge is 2.53. The number of aliphatic hydroxyl groups is 3. The number of piperidine rings is 1. The first-order chi connectivity index (χ1) is 33.6.